The van der Waals surface area contributed by atoms with Gasteiger partial charge in [-0.3, -0.25) is 14.5 Å². The molecule has 0 radical (unpaired) electrons. The summed E-state index contributed by atoms with van der Waals surface area (Å²) in [7, 11) is 1.90. The summed E-state index contributed by atoms with van der Waals surface area (Å²) >= 11 is 0. The Bertz CT molecular complexity index is 233. The standard InChI is InChI=1S/C8H15N3O2.C3H8.2C2H6/c1-11-4-2-3-6(11)8(13)10-5-7(9)12;1-3-2;2*1-2/h6H,2-5H2,1H3,(H2,9,12)(H,10,13);3H2,1-2H3;2*1-2H3/t6-;;;/m0.../s1. The van der Waals surface area contributed by atoms with Gasteiger partial charge in [0.15, 0.2) is 0 Å². The van der Waals surface area contributed by atoms with Crippen LogP contribution in [0.1, 0.15) is 60.8 Å². The lowest BCUT2D eigenvalue weighted by Gasteiger charge is -2.17. The number of likely N-dealkylation sites (N-methyl/N-ethyl adjacent to an activating group) is 1. The van der Waals surface area contributed by atoms with E-state index >= 15 is 0 Å². The second-order valence-electron chi connectivity index (χ2n) is 4.03. The lowest BCUT2D eigenvalue weighted by molar-refractivity contribution is -0.127. The summed E-state index contributed by atoms with van der Waals surface area (Å²) in [5, 5.41) is 2.50. The Kier molecular flexibility index (Phi) is 21.4. The molecular formula is C15H35N3O2. The van der Waals surface area contributed by atoms with Crippen LogP contribution in [-0.2, 0) is 9.59 Å². The van der Waals surface area contributed by atoms with Crippen molar-refractivity contribution in [3.05, 3.63) is 0 Å². The number of nitrogens with zero attached hydrogens (tertiary/aromatic N) is 1. The van der Waals surface area contributed by atoms with E-state index in [4.69, 9.17) is 5.73 Å². The van der Waals surface area contributed by atoms with Crippen molar-refractivity contribution in [3.8, 4) is 0 Å². The van der Waals surface area contributed by atoms with Gasteiger partial charge in [0.05, 0.1) is 12.6 Å². The molecular weight excluding hydrogens is 254 g/mol. The largest absolute Gasteiger partial charge is 0.368 e. The Morgan fingerprint density at radius 1 is 1.20 bits per heavy atom. The molecule has 122 valence electrons. The quantitative estimate of drug-likeness (QED) is 0.836. The first-order chi connectivity index (χ1) is 9.52. The third kappa shape index (κ3) is 13.3. The third-order valence-electron chi connectivity index (χ3n) is 2.26. The lowest BCUT2D eigenvalue weighted by atomic mass is 10.2. The number of hydrogen-bond acceptors (Lipinski definition) is 3. The molecule has 1 atom stereocenters. The molecule has 0 aliphatic carbocycles. The molecule has 0 unspecified atom stereocenters. The van der Waals surface area contributed by atoms with Crippen LogP contribution in [0.25, 0.3) is 0 Å². The van der Waals surface area contributed by atoms with Crippen LogP contribution in [0.2, 0.25) is 0 Å². The first kappa shape index (κ1) is 24.0. The minimum Gasteiger partial charge on any atom is -0.368 e. The maximum Gasteiger partial charge on any atom is 0.237 e. The number of likely N-dealkylation sites (tertiary alicyclic amines) is 1. The van der Waals surface area contributed by atoms with Gasteiger partial charge in [0.2, 0.25) is 11.8 Å². The first-order valence-corrected chi connectivity index (χ1v) is 7.79. The third-order valence-corrected chi connectivity index (χ3v) is 2.26. The van der Waals surface area contributed by atoms with Gasteiger partial charge in [-0.1, -0.05) is 48.0 Å². The number of rotatable bonds is 3. The molecule has 20 heavy (non-hydrogen) atoms. The van der Waals surface area contributed by atoms with Crippen LogP contribution in [0.15, 0.2) is 0 Å². The summed E-state index contributed by atoms with van der Waals surface area (Å²) in [6.45, 7) is 13.1. The number of nitrogens with two attached hydrogens (primary N) is 1. The van der Waals surface area contributed by atoms with Crippen molar-refractivity contribution in [2.45, 2.75) is 66.8 Å². The van der Waals surface area contributed by atoms with Crippen molar-refractivity contribution in [1.82, 2.24) is 10.2 Å². The molecule has 2 amide bonds. The van der Waals surface area contributed by atoms with Gasteiger partial charge in [-0.2, -0.15) is 0 Å². The molecule has 0 bridgehead atoms. The van der Waals surface area contributed by atoms with Gasteiger partial charge < -0.3 is 11.1 Å². The summed E-state index contributed by atoms with van der Waals surface area (Å²) < 4.78 is 0. The molecule has 5 heteroatoms. The van der Waals surface area contributed by atoms with Crippen molar-refractivity contribution in [3.63, 3.8) is 0 Å². The first-order valence-electron chi connectivity index (χ1n) is 7.79. The van der Waals surface area contributed by atoms with Crippen LogP contribution < -0.4 is 11.1 Å². The second kappa shape index (κ2) is 17.9. The SMILES string of the molecule is CC.CC.CCC.CN1CCC[C@H]1C(=O)NCC(N)=O. The van der Waals surface area contributed by atoms with Crippen LogP contribution in [0, 0.1) is 0 Å². The van der Waals surface area contributed by atoms with Crippen molar-refractivity contribution in [2.75, 3.05) is 20.1 Å². The molecule has 1 fully saturated rings. The highest BCUT2D eigenvalue weighted by atomic mass is 16.2. The minimum absolute atomic E-state index is 0.0663. The number of primary amides is 1. The minimum atomic E-state index is -0.506. The summed E-state index contributed by atoms with van der Waals surface area (Å²) in [5.41, 5.74) is 4.91. The predicted molar refractivity (Wildman–Crippen MR) is 86.5 cm³/mol. The molecule has 3 N–H and O–H groups in total. The van der Waals surface area contributed by atoms with Crippen LogP contribution in [0.5, 0.6) is 0 Å². The van der Waals surface area contributed by atoms with Gasteiger partial charge >= 0.3 is 0 Å². The highest BCUT2D eigenvalue weighted by molar-refractivity contribution is 5.86. The van der Waals surface area contributed by atoms with E-state index in [1.807, 2.05) is 39.6 Å². The molecule has 1 aliphatic heterocycles. The molecule has 1 saturated heterocycles. The Morgan fingerprint density at radius 2 is 1.65 bits per heavy atom. The van der Waals surface area contributed by atoms with Crippen molar-refractivity contribution >= 4 is 11.8 Å². The van der Waals surface area contributed by atoms with Crippen LogP contribution in [-0.4, -0.2) is 42.9 Å². The van der Waals surface area contributed by atoms with E-state index in [9.17, 15) is 9.59 Å². The summed E-state index contributed by atoms with van der Waals surface area (Å²) in [5.74, 6) is -0.604. The molecule has 0 spiro atoms. The van der Waals surface area contributed by atoms with Crippen molar-refractivity contribution in [2.24, 2.45) is 5.73 Å². The molecule has 1 heterocycles. The van der Waals surface area contributed by atoms with E-state index in [2.05, 4.69) is 19.2 Å². The maximum atomic E-state index is 11.4. The van der Waals surface area contributed by atoms with E-state index in [0.29, 0.717) is 0 Å². The van der Waals surface area contributed by atoms with Gasteiger partial charge in [-0.05, 0) is 26.4 Å². The molecule has 0 aromatic heterocycles. The molecule has 1 aliphatic rings. The van der Waals surface area contributed by atoms with Gasteiger partial charge in [0.1, 0.15) is 0 Å². The van der Waals surface area contributed by atoms with Gasteiger partial charge in [0, 0.05) is 0 Å². The average molecular weight is 289 g/mol. The number of hydrogen-bond donors (Lipinski definition) is 2. The van der Waals surface area contributed by atoms with Gasteiger partial charge in [0.25, 0.3) is 0 Å². The Hall–Kier alpha value is -1.10. The highest BCUT2D eigenvalue weighted by Crippen LogP contribution is 2.14. The molecule has 0 aromatic rings. The lowest BCUT2D eigenvalue weighted by Crippen LogP contribution is -2.44. The van der Waals surface area contributed by atoms with Crippen molar-refractivity contribution < 1.29 is 9.59 Å². The molecule has 0 aromatic carbocycles. The van der Waals surface area contributed by atoms with Gasteiger partial charge in [-0.25, -0.2) is 0 Å². The summed E-state index contributed by atoms with van der Waals surface area (Å²) in [6, 6.07) is -0.0839. The number of nitrogens with one attached hydrogen (secondary N) is 1. The van der Waals surface area contributed by atoms with E-state index in [0.717, 1.165) is 19.4 Å². The molecule has 0 saturated carbocycles. The topological polar surface area (TPSA) is 75.4 Å². The average Bonchev–Trinajstić information content (AvgIpc) is 2.88. The van der Waals surface area contributed by atoms with E-state index in [1.165, 1.54) is 6.42 Å². The zero-order valence-corrected chi connectivity index (χ0v) is 14.5. The normalized spacial score (nSPS) is 16.4. The summed E-state index contributed by atoms with van der Waals surface area (Å²) in [4.78, 5) is 23.8. The highest BCUT2D eigenvalue weighted by Gasteiger charge is 2.27. The number of carbonyl (C=O) groups excluding carboxylic acids is 2. The fourth-order valence-corrected chi connectivity index (χ4v) is 1.53. The van der Waals surface area contributed by atoms with Crippen LogP contribution >= 0.6 is 0 Å². The van der Waals surface area contributed by atoms with Crippen LogP contribution in [0.4, 0.5) is 0 Å². The molecule has 5 nitrogen and oxygen atoms in total. The number of carbonyl (C=O) groups is 2. The number of amides is 2. The Balaban J connectivity index is -0.000000355. The van der Waals surface area contributed by atoms with Crippen LogP contribution in [0.3, 0.4) is 0 Å². The van der Waals surface area contributed by atoms with E-state index in [-0.39, 0.29) is 18.5 Å². The predicted octanol–water partition coefficient (Wildman–Crippen LogP) is 2.15. The monoisotopic (exact) mass is 289 g/mol. The smallest absolute Gasteiger partial charge is 0.237 e. The van der Waals surface area contributed by atoms with Crippen molar-refractivity contribution in [1.29, 1.82) is 0 Å². The van der Waals surface area contributed by atoms with Gasteiger partial charge in [-0.15, -0.1) is 0 Å². The second-order valence-corrected chi connectivity index (χ2v) is 4.03. The maximum absolute atomic E-state index is 11.4. The van der Waals surface area contributed by atoms with E-state index in [1.54, 1.807) is 0 Å². The van der Waals surface area contributed by atoms with E-state index < -0.39 is 5.91 Å². The summed E-state index contributed by atoms with van der Waals surface area (Å²) in [6.07, 6.45) is 3.15. The fraction of sp³-hybridized carbons (Fsp3) is 0.867. The Morgan fingerprint density at radius 3 is 1.95 bits per heavy atom. The molecule has 1 rings (SSSR count). The zero-order chi connectivity index (χ0) is 16.6. The fourth-order valence-electron chi connectivity index (χ4n) is 1.53. The Labute approximate surface area is 125 Å². The zero-order valence-electron chi connectivity index (χ0n) is 14.5.